The molecule has 0 aromatic heterocycles. The van der Waals surface area contributed by atoms with Crippen LogP contribution in [-0.4, -0.2) is 41.1 Å². The van der Waals surface area contributed by atoms with Gasteiger partial charge in [-0.05, 0) is 39.3 Å². The molecule has 1 saturated heterocycles. The molecular formula is C11H22N2O2. The van der Waals surface area contributed by atoms with Crippen LogP contribution in [0.25, 0.3) is 0 Å². The Morgan fingerprint density at radius 2 is 1.87 bits per heavy atom. The maximum atomic E-state index is 10.8. The van der Waals surface area contributed by atoms with Crippen molar-refractivity contribution in [1.82, 2.24) is 4.90 Å². The van der Waals surface area contributed by atoms with Gasteiger partial charge in [0.2, 0.25) is 0 Å². The summed E-state index contributed by atoms with van der Waals surface area (Å²) in [5.41, 5.74) is 4.61. The second-order valence-corrected chi connectivity index (χ2v) is 4.73. The van der Waals surface area contributed by atoms with Crippen molar-refractivity contribution in [1.29, 1.82) is 0 Å². The van der Waals surface area contributed by atoms with Gasteiger partial charge in [0.1, 0.15) is 5.54 Å². The predicted octanol–water partition coefficient (Wildman–Crippen LogP) is 1.05. The van der Waals surface area contributed by atoms with Crippen molar-refractivity contribution in [3.05, 3.63) is 0 Å². The van der Waals surface area contributed by atoms with Crippen LogP contribution in [0.2, 0.25) is 0 Å². The molecule has 0 aromatic rings. The van der Waals surface area contributed by atoms with Crippen molar-refractivity contribution in [3.8, 4) is 0 Å². The number of nitrogens with zero attached hydrogens (tertiary/aromatic N) is 1. The van der Waals surface area contributed by atoms with Crippen LogP contribution in [0.1, 0.15) is 39.0 Å². The number of carboxylic acids is 1. The van der Waals surface area contributed by atoms with E-state index in [1.165, 1.54) is 25.7 Å². The first-order chi connectivity index (χ1) is 7.02. The molecule has 1 aliphatic heterocycles. The van der Waals surface area contributed by atoms with Crippen molar-refractivity contribution in [2.45, 2.75) is 44.6 Å². The number of nitrogens with two attached hydrogens (primary N) is 1. The minimum atomic E-state index is -1.08. The highest BCUT2D eigenvalue weighted by atomic mass is 16.4. The molecule has 15 heavy (non-hydrogen) atoms. The summed E-state index contributed by atoms with van der Waals surface area (Å²) in [4.78, 5) is 13.2. The molecular weight excluding hydrogens is 192 g/mol. The quantitative estimate of drug-likeness (QED) is 0.734. The van der Waals surface area contributed by atoms with Crippen LogP contribution in [0.5, 0.6) is 0 Å². The van der Waals surface area contributed by atoms with Crippen molar-refractivity contribution in [2.24, 2.45) is 5.73 Å². The summed E-state index contributed by atoms with van der Waals surface area (Å²) >= 11 is 0. The fraction of sp³-hybridized carbons (Fsp3) is 0.909. The first kappa shape index (κ1) is 12.5. The molecule has 1 unspecified atom stereocenters. The zero-order valence-corrected chi connectivity index (χ0v) is 9.54. The van der Waals surface area contributed by atoms with Gasteiger partial charge in [0.25, 0.3) is 0 Å². The van der Waals surface area contributed by atoms with Gasteiger partial charge in [0.05, 0.1) is 0 Å². The summed E-state index contributed by atoms with van der Waals surface area (Å²) in [5, 5.41) is 8.88. The van der Waals surface area contributed by atoms with Crippen molar-refractivity contribution >= 4 is 5.97 Å². The van der Waals surface area contributed by atoms with E-state index < -0.39 is 11.5 Å². The van der Waals surface area contributed by atoms with Gasteiger partial charge < -0.3 is 15.7 Å². The molecule has 1 fully saturated rings. The van der Waals surface area contributed by atoms with Crippen LogP contribution >= 0.6 is 0 Å². The third-order valence-corrected chi connectivity index (χ3v) is 3.13. The monoisotopic (exact) mass is 214 g/mol. The topological polar surface area (TPSA) is 66.6 Å². The minimum Gasteiger partial charge on any atom is -0.480 e. The molecule has 0 amide bonds. The van der Waals surface area contributed by atoms with Gasteiger partial charge in [0, 0.05) is 6.54 Å². The van der Waals surface area contributed by atoms with E-state index >= 15 is 0 Å². The number of hydrogen-bond donors (Lipinski definition) is 2. The molecule has 1 rings (SSSR count). The Kier molecular flexibility index (Phi) is 4.54. The zero-order chi connectivity index (χ0) is 11.3. The number of carboxylic acid groups (broad SMARTS) is 1. The van der Waals surface area contributed by atoms with Crippen LogP contribution in [0.3, 0.4) is 0 Å². The Bertz CT molecular complexity index is 209. The van der Waals surface area contributed by atoms with E-state index in [1.807, 2.05) is 0 Å². The maximum absolute atomic E-state index is 10.8. The fourth-order valence-electron chi connectivity index (χ4n) is 1.86. The van der Waals surface area contributed by atoms with E-state index in [1.54, 1.807) is 6.92 Å². The second-order valence-electron chi connectivity index (χ2n) is 4.73. The molecule has 0 aromatic carbocycles. The zero-order valence-electron chi connectivity index (χ0n) is 9.54. The lowest BCUT2D eigenvalue weighted by Gasteiger charge is -2.25. The normalized spacial score (nSPS) is 23.1. The molecule has 3 N–H and O–H groups in total. The summed E-state index contributed by atoms with van der Waals surface area (Å²) in [7, 11) is 0. The molecule has 4 nitrogen and oxygen atoms in total. The van der Waals surface area contributed by atoms with E-state index in [-0.39, 0.29) is 0 Å². The molecule has 4 heteroatoms. The van der Waals surface area contributed by atoms with Gasteiger partial charge >= 0.3 is 5.97 Å². The summed E-state index contributed by atoms with van der Waals surface area (Å²) in [6.45, 7) is 4.58. The highest BCUT2D eigenvalue weighted by Crippen LogP contribution is 2.12. The number of rotatable bonds is 4. The third-order valence-electron chi connectivity index (χ3n) is 3.13. The average Bonchev–Trinajstić information content (AvgIpc) is 2.42. The number of aliphatic carboxylic acids is 1. The highest BCUT2D eigenvalue weighted by Gasteiger charge is 2.28. The van der Waals surface area contributed by atoms with E-state index in [2.05, 4.69) is 4.90 Å². The van der Waals surface area contributed by atoms with Gasteiger partial charge in [-0.25, -0.2) is 0 Å². The SMILES string of the molecule is CC(N)(CCN1CCCCCC1)C(=O)O. The summed E-state index contributed by atoms with van der Waals surface area (Å²) in [6, 6.07) is 0. The standard InChI is InChI=1S/C11H22N2O2/c1-11(12,10(14)15)6-9-13-7-4-2-3-5-8-13/h2-9,12H2,1H3,(H,14,15). The maximum Gasteiger partial charge on any atom is 0.323 e. The Hall–Kier alpha value is -0.610. The minimum absolute atomic E-state index is 0.530. The Morgan fingerprint density at radius 3 is 2.33 bits per heavy atom. The highest BCUT2D eigenvalue weighted by molar-refractivity contribution is 5.77. The van der Waals surface area contributed by atoms with Crippen LogP contribution in [0, 0.1) is 0 Å². The molecule has 0 radical (unpaired) electrons. The average molecular weight is 214 g/mol. The molecule has 1 aliphatic rings. The molecule has 0 spiro atoms. The smallest absolute Gasteiger partial charge is 0.323 e. The summed E-state index contributed by atoms with van der Waals surface area (Å²) in [5.74, 6) is -0.905. The molecule has 0 aliphatic carbocycles. The summed E-state index contributed by atoms with van der Waals surface area (Å²) < 4.78 is 0. The van der Waals surface area contributed by atoms with Gasteiger partial charge in [-0.1, -0.05) is 12.8 Å². The van der Waals surface area contributed by atoms with Crippen molar-refractivity contribution in [3.63, 3.8) is 0 Å². The molecule has 1 heterocycles. The van der Waals surface area contributed by atoms with Crippen LogP contribution in [0.4, 0.5) is 0 Å². The molecule has 88 valence electrons. The number of likely N-dealkylation sites (tertiary alicyclic amines) is 1. The Morgan fingerprint density at radius 1 is 1.33 bits per heavy atom. The van der Waals surface area contributed by atoms with Crippen LogP contribution < -0.4 is 5.73 Å². The third kappa shape index (κ3) is 4.18. The van der Waals surface area contributed by atoms with E-state index in [0.29, 0.717) is 6.42 Å². The number of hydrogen-bond acceptors (Lipinski definition) is 3. The fourth-order valence-corrected chi connectivity index (χ4v) is 1.86. The lowest BCUT2D eigenvalue weighted by Crippen LogP contribution is -2.47. The number of carbonyl (C=O) groups is 1. The predicted molar refractivity (Wildman–Crippen MR) is 59.8 cm³/mol. The molecule has 0 bridgehead atoms. The Labute approximate surface area is 91.4 Å². The largest absolute Gasteiger partial charge is 0.480 e. The van der Waals surface area contributed by atoms with Gasteiger partial charge in [-0.2, -0.15) is 0 Å². The Balaban J connectivity index is 2.31. The first-order valence-corrected chi connectivity index (χ1v) is 5.77. The van der Waals surface area contributed by atoms with E-state index in [9.17, 15) is 4.79 Å². The van der Waals surface area contributed by atoms with Gasteiger partial charge in [-0.3, -0.25) is 4.79 Å². The first-order valence-electron chi connectivity index (χ1n) is 5.77. The van der Waals surface area contributed by atoms with Gasteiger partial charge in [0.15, 0.2) is 0 Å². The lowest BCUT2D eigenvalue weighted by atomic mass is 9.99. The molecule has 0 saturated carbocycles. The second kappa shape index (κ2) is 5.47. The molecule has 1 atom stereocenters. The van der Waals surface area contributed by atoms with Gasteiger partial charge in [-0.15, -0.1) is 0 Å². The van der Waals surface area contributed by atoms with Crippen molar-refractivity contribution < 1.29 is 9.90 Å². The van der Waals surface area contributed by atoms with E-state index in [0.717, 1.165) is 19.6 Å². The summed E-state index contributed by atoms with van der Waals surface area (Å²) in [6.07, 6.45) is 5.59. The van der Waals surface area contributed by atoms with E-state index in [4.69, 9.17) is 10.8 Å². The lowest BCUT2D eigenvalue weighted by molar-refractivity contribution is -0.143. The van der Waals surface area contributed by atoms with Crippen LogP contribution in [0.15, 0.2) is 0 Å². The van der Waals surface area contributed by atoms with Crippen LogP contribution in [-0.2, 0) is 4.79 Å². The van der Waals surface area contributed by atoms with Crippen molar-refractivity contribution in [2.75, 3.05) is 19.6 Å².